The van der Waals surface area contributed by atoms with E-state index in [0.717, 1.165) is 12.1 Å². The Labute approximate surface area is 169 Å². The predicted molar refractivity (Wildman–Crippen MR) is 89.7 cm³/mol. The number of amides is 1. The fraction of sp³-hybridized carbons (Fsp3) is 0.294. The highest BCUT2D eigenvalue weighted by atomic mass is 19.4. The highest BCUT2D eigenvalue weighted by Gasteiger charge is 2.39. The van der Waals surface area contributed by atoms with E-state index >= 15 is 0 Å². The molecule has 0 saturated carbocycles. The topological polar surface area (TPSA) is 94.4 Å². The number of pyridine rings is 1. The molecule has 1 N–H and O–H groups in total. The number of benzene rings is 1. The Morgan fingerprint density at radius 1 is 1.13 bits per heavy atom. The van der Waals surface area contributed by atoms with Crippen molar-refractivity contribution >= 4 is 11.6 Å². The van der Waals surface area contributed by atoms with Crippen LogP contribution in [0.25, 0.3) is 0 Å². The molecule has 0 bridgehead atoms. The first-order valence-electron chi connectivity index (χ1n) is 8.30. The van der Waals surface area contributed by atoms with Crippen LogP contribution in [0.2, 0.25) is 0 Å². The van der Waals surface area contributed by atoms with E-state index in [9.17, 15) is 45.6 Å². The van der Waals surface area contributed by atoms with Crippen LogP contribution >= 0.6 is 0 Å². The number of nitro groups is 1. The van der Waals surface area contributed by atoms with Crippen molar-refractivity contribution in [1.82, 2.24) is 10.3 Å². The molecule has 2 rings (SSSR count). The van der Waals surface area contributed by atoms with Crippen molar-refractivity contribution in [3.8, 4) is 5.88 Å². The molecule has 0 fully saturated rings. The lowest BCUT2D eigenvalue weighted by Crippen LogP contribution is -2.26. The van der Waals surface area contributed by atoms with Crippen molar-refractivity contribution in [1.29, 1.82) is 0 Å². The fourth-order valence-electron chi connectivity index (χ4n) is 2.26. The fourth-order valence-corrected chi connectivity index (χ4v) is 2.26. The standard InChI is InChI=1S/C17H12F7N3O4/c18-13-3-2-10(27(29)30)7-11(13)14(28)25-4-1-5-31-15-12(17(22,23)24)6-9(8-26-15)16(19,20)21/h2-3,6-8H,1,4-5H2,(H,25,28). The molecule has 1 aromatic heterocycles. The summed E-state index contributed by atoms with van der Waals surface area (Å²) in [4.78, 5) is 24.8. The van der Waals surface area contributed by atoms with Crippen molar-refractivity contribution in [3.05, 3.63) is 63.1 Å². The molecule has 168 valence electrons. The number of carbonyl (C=O) groups excluding carboxylic acids is 1. The number of nitrogens with one attached hydrogen (secondary N) is 1. The first kappa shape index (κ1) is 23.8. The van der Waals surface area contributed by atoms with Crippen LogP contribution in [0.1, 0.15) is 27.9 Å². The smallest absolute Gasteiger partial charge is 0.421 e. The van der Waals surface area contributed by atoms with Crippen molar-refractivity contribution in [3.63, 3.8) is 0 Å². The SMILES string of the molecule is O=C(NCCCOc1ncc(C(F)(F)F)cc1C(F)(F)F)c1cc([N+](=O)[O-])ccc1F. The lowest BCUT2D eigenvalue weighted by Gasteiger charge is -2.15. The van der Waals surface area contributed by atoms with Gasteiger partial charge in [0.2, 0.25) is 5.88 Å². The zero-order chi connectivity index (χ0) is 23.4. The Balaban J connectivity index is 1.97. The van der Waals surface area contributed by atoms with E-state index in [2.05, 4.69) is 10.3 Å². The molecule has 1 heterocycles. The Kier molecular flexibility index (Phi) is 7.02. The monoisotopic (exact) mass is 455 g/mol. The number of ether oxygens (including phenoxy) is 1. The van der Waals surface area contributed by atoms with Crippen molar-refractivity contribution < 1.29 is 45.2 Å². The zero-order valence-electron chi connectivity index (χ0n) is 15.2. The first-order chi connectivity index (χ1) is 14.3. The van der Waals surface area contributed by atoms with Crippen LogP contribution in [-0.4, -0.2) is 29.0 Å². The average molecular weight is 455 g/mol. The van der Waals surface area contributed by atoms with Gasteiger partial charge in [0, 0.05) is 24.9 Å². The third-order valence-electron chi connectivity index (χ3n) is 3.73. The number of alkyl halides is 6. The van der Waals surface area contributed by atoms with E-state index in [4.69, 9.17) is 4.74 Å². The van der Waals surface area contributed by atoms with Crippen LogP contribution in [0.5, 0.6) is 5.88 Å². The summed E-state index contributed by atoms with van der Waals surface area (Å²) >= 11 is 0. The molecule has 7 nitrogen and oxygen atoms in total. The number of nitrogens with zero attached hydrogens (tertiary/aromatic N) is 2. The molecule has 14 heteroatoms. The summed E-state index contributed by atoms with van der Waals surface area (Å²) in [5.74, 6) is -3.11. The van der Waals surface area contributed by atoms with Gasteiger partial charge >= 0.3 is 12.4 Å². The molecule has 0 saturated heterocycles. The van der Waals surface area contributed by atoms with E-state index in [0.29, 0.717) is 6.07 Å². The number of rotatable bonds is 7. The van der Waals surface area contributed by atoms with Gasteiger partial charge in [-0.25, -0.2) is 9.37 Å². The molecule has 1 aromatic carbocycles. The summed E-state index contributed by atoms with van der Waals surface area (Å²) in [6, 6.07) is 2.17. The quantitative estimate of drug-likeness (QED) is 0.290. The minimum Gasteiger partial charge on any atom is -0.477 e. The van der Waals surface area contributed by atoms with Crippen LogP contribution < -0.4 is 10.1 Å². The number of hydrogen-bond donors (Lipinski definition) is 1. The summed E-state index contributed by atoms with van der Waals surface area (Å²) < 4.78 is 95.2. The number of hydrogen-bond acceptors (Lipinski definition) is 5. The van der Waals surface area contributed by atoms with Gasteiger partial charge in [-0.05, 0) is 18.6 Å². The summed E-state index contributed by atoms with van der Waals surface area (Å²) in [5.41, 5.74) is -4.45. The molecule has 0 radical (unpaired) electrons. The first-order valence-corrected chi connectivity index (χ1v) is 8.30. The normalized spacial score (nSPS) is 11.8. The number of carbonyl (C=O) groups is 1. The van der Waals surface area contributed by atoms with E-state index in [1.807, 2.05) is 0 Å². The number of non-ortho nitro benzene ring substituents is 1. The van der Waals surface area contributed by atoms with Gasteiger partial charge in [-0.2, -0.15) is 26.3 Å². The number of nitro benzene ring substituents is 1. The van der Waals surface area contributed by atoms with Crippen molar-refractivity contribution in [2.24, 2.45) is 0 Å². The molecule has 0 unspecified atom stereocenters. The lowest BCUT2D eigenvalue weighted by atomic mass is 10.1. The Morgan fingerprint density at radius 3 is 2.39 bits per heavy atom. The second-order valence-corrected chi connectivity index (χ2v) is 5.95. The Morgan fingerprint density at radius 2 is 1.81 bits per heavy atom. The van der Waals surface area contributed by atoms with E-state index < -0.39 is 63.9 Å². The van der Waals surface area contributed by atoms with E-state index in [1.54, 1.807) is 0 Å². The number of halogens is 7. The molecule has 0 aliphatic rings. The van der Waals surface area contributed by atoms with Gasteiger partial charge in [0.05, 0.1) is 22.7 Å². The summed E-state index contributed by atoms with van der Waals surface area (Å²) in [5, 5.41) is 12.9. The molecule has 0 atom stereocenters. The third kappa shape index (κ3) is 6.26. The molecule has 31 heavy (non-hydrogen) atoms. The second kappa shape index (κ2) is 9.14. The maximum absolute atomic E-state index is 13.6. The molecule has 0 aliphatic heterocycles. The van der Waals surface area contributed by atoms with E-state index in [1.165, 1.54) is 0 Å². The third-order valence-corrected chi connectivity index (χ3v) is 3.73. The maximum atomic E-state index is 13.6. The highest BCUT2D eigenvalue weighted by Crippen LogP contribution is 2.39. The largest absolute Gasteiger partial charge is 0.477 e. The molecular formula is C17H12F7N3O4. The predicted octanol–water partition coefficient (Wildman–Crippen LogP) is 4.37. The zero-order valence-corrected chi connectivity index (χ0v) is 15.2. The summed E-state index contributed by atoms with van der Waals surface area (Å²) in [7, 11) is 0. The molecule has 0 aliphatic carbocycles. The van der Waals surface area contributed by atoms with Crippen LogP contribution in [0.4, 0.5) is 36.4 Å². The van der Waals surface area contributed by atoms with Crippen molar-refractivity contribution in [2.75, 3.05) is 13.2 Å². The molecular weight excluding hydrogens is 443 g/mol. The lowest BCUT2D eigenvalue weighted by molar-refractivity contribution is -0.384. The highest BCUT2D eigenvalue weighted by molar-refractivity contribution is 5.95. The molecule has 2 aromatic rings. The Hall–Kier alpha value is -3.45. The van der Waals surface area contributed by atoms with Crippen LogP contribution in [0.15, 0.2) is 30.5 Å². The van der Waals surface area contributed by atoms with Gasteiger partial charge in [-0.15, -0.1) is 0 Å². The molecule has 0 spiro atoms. The Bertz CT molecular complexity index is 977. The second-order valence-electron chi connectivity index (χ2n) is 5.95. The number of aromatic nitrogens is 1. The van der Waals surface area contributed by atoms with Gasteiger partial charge < -0.3 is 10.1 Å². The van der Waals surface area contributed by atoms with Gasteiger partial charge in [-0.1, -0.05) is 0 Å². The van der Waals surface area contributed by atoms with Crippen LogP contribution in [-0.2, 0) is 12.4 Å². The van der Waals surface area contributed by atoms with Crippen LogP contribution in [0, 0.1) is 15.9 Å². The van der Waals surface area contributed by atoms with Gasteiger partial charge in [-0.3, -0.25) is 14.9 Å². The minimum atomic E-state index is -5.16. The van der Waals surface area contributed by atoms with Crippen LogP contribution in [0.3, 0.4) is 0 Å². The molecule has 1 amide bonds. The van der Waals surface area contributed by atoms with Gasteiger partial charge in [0.15, 0.2) is 0 Å². The van der Waals surface area contributed by atoms with Crippen molar-refractivity contribution in [2.45, 2.75) is 18.8 Å². The average Bonchev–Trinajstić information content (AvgIpc) is 2.66. The van der Waals surface area contributed by atoms with E-state index in [-0.39, 0.29) is 25.2 Å². The minimum absolute atomic E-state index is 0.123. The summed E-state index contributed by atoms with van der Waals surface area (Å²) in [6.45, 7) is -0.706. The summed E-state index contributed by atoms with van der Waals surface area (Å²) in [6.07, 6.45) is -10.1. The maximum Gasteiger partial charge on any atom is 0.421 e. The van der Waals surface area contributed by atoms with Gasteiger partial charge in [0.25, 0.3) is 11.6 Å². The van der Waals surface area contributed by atoms with Gasteiger partial charge in [0.1, 0.15) is 11.4 Å².